The molecular weight excluding hydrogens is 700 g/mol. The zero-order chi connectivity index (χ0) is 39.7. The molecule has 3 aliphatic rings. The van der Waals surface area contributed by atoms with Crippen molar-refractivity contribution in [2.45, 2.75) is 123 Å². The number of nitrogens with one attached hydrogen (secondary N) is 1. The summed E-state index contributed by atoms with van der Waals surface area (Å²) < 4.78 is 42.0. The molecule has 11 heteroatoms. The highest BCUT2D eigenvalue weighted by Crippen LogP contribution is 2.42. The second kappa shape index (κ2) is 16.2. The third-order valence-corrected chi connectivity index (χ3v) is 10.6. The largest absolute Gasteiger partial charge is 0.490 e. The number of imidazole rings is 1. The molecule has 0 amide bonds. The van der Waals surface area contributed by atoms with Crippen LogP contribution in [0, 0.1) is 12.7 Å². The Morgan fingerprint density at radius 3 is 2.53 bits per heavy atom. The standard InChI is InChI=1S/C44H59FN4O6/c1-28-13-10-11-22-53-44(8)18-20-48(21-19-44)40-37(38(41(50)52-9)55-42(3,4)5)29(2)34(25-46-27-43(6,7)51)39-47-35(26-49(39)40)31-15-12-14-30(23-31)33-24-32(45)16-17-36(33)54-28/h12,14-17,23-24,26,28,38,46,51H,10-11,13,18-22,25,27H2,1-9H3/t28-,38-/m0/s1. The number of pyridine rings is 1. The quantitative estimate of drug-likeness (QED) is 0.180. The normalized spacial score (nSPS) is 20.3. The van der Waals surface area contributed by atoms with Gasteiger partial charge < -0.3 is 34.3 Å². The van der Waals surface area contributed by atoms with Gasteiger partial charge in [-0.1, -0.05) is 18.2 Å². The van der Waals surface area contributed by atoms with Crippen LogP contribution in [0.5, 0.6) is 5.75 Å². The zero-order valence-corrected chi connectivity index (χ0v) is 34.1. The number of fused-ring (bicyclic) bond motifs is 8. The predicted molar refractivity (Wildman–Crippen MR) is 214 cm³/mol. The van der Waals surface area contributed by atoms with E-state index in [1.807, 2.05) is 58.2 Å². The highest BCUT2D eigenvalue weighted by atomic mass is 19.1. The van der Waals surface area contributed by atoms with E-state index in [9.17, 15) is 14.3 Å². The van der Waals surface area contributed by atoms with Crippen molar-refractivity contribution in [2.24, 2.45) is 0 Å². The fourth-order valence-electron chi connectivity index (χ4n) is 7.69. The second-order valence-corrected chi connectivity index (χ2v) is 17.1. The third-order valence-electron chi connectivity index (χ3n) is 10.6. The number of rotatable bonds is 7. The molecule has 2 aromatic heterocycles. The van der Waals surface area contributed by atoms with Gasteiger partial charge in [0.15, 0.2) is 6.10 Å². The van der Waals surface area contributed by atoms with Crippen LogP contribution in [0.1, 0.15) is 103 Å². The highest BCUT2D eigenvalue weighted by Gasteiger charge is 2.39. The van der Waals surface area contributed by atoms with E-state index in [1.165, 1.54) is 19.2 Å². The van der Waals surface area contributed by atoms with Crippen LogP contribution in [0.3, 0.4) is 0 Å². The number of anilines is 1. The summed E-state index contributed by atoms with van der Waals surface area (Å²) in [5.41, 5.74) is 4.27. The van der Waals surface area contributed by atoms with E-state index >= 15 is 0 Å². The number of nitrogens with zero attached hydrogens (tertiary/aromatic N) is 3. The lowest BCUT2D eigenvalue weighted by Gasteiger charge is -2.42. The number of aromatic nitrogens is 2. The number of benzene rings is 2. The summed E-state index contributed by atoms with van der Waals surface area (Å²) in [5, 5.41) is 14.0. The predicted octanol–water partition coefficient (Wildman–Crippen LogP) is 8.33. The molecule has 10 nitrogen and oxygen atoms in total. The molecule has 7 rings (SSSR count). The Morgan fingerprint density at radius 2 is 1.84 bits per heavy atom. The van der Waals surface area contributed by atoms with Crippen molar-refractivity contribution in [3.63, 3.8) is 0 Å². The summed E-state index contributed by atoms with van der Waals surface area (Å²) in [6, 6.07) is 12.6. The molecule has 0 saturated carbocycles. The molecule has 0 unspecified atom stereocenters. The summed E-state index contributed by atoms with van der Waals surface area (Å²) in [4.78, 5) is 21.5. The number of hydrogen-bond donors (Lipinski definition) is 2. The first-order chi connectivity index (χ1) is 25.9. The number of carbonyl (C=O) groups excluding carboxylic acids is 1. The molecule has 5 heterocycles. The van der Waals surface area contributed by atoms with Gasteiger partial charge in [-0.05, 0) is 123 Å². The molecule has 0 radical (unpaired) electrons. The van der Waals surface area contributed by atoms with Crippen molar-refractivity contribution in [3.05, 3.63) is 71.2 Å². The molecule has 1 saturated heterocycles. The van der Waals surface area contributed by atoms with Crippen LogP contribution in [0.2, 0.25) is 0 Å². The summed E-state index contributed by atoms with van der Waals surface area (Å²) in [7, 11) is 1.39. The lowest BCUT2D eigenvalue weighted by Crippen LogP contribution is -2.46. The summed E-state index contributed by atoms with van der Waals surface area (Å²) in [6.07, 6.45) is 5.20. The fourth-order valence-corrected chi connectivity index (χ4v) is 7.69. The molecule has 0 aliphatic carbocycles. The maximum atomic E-state index is 14.8. The SMILES string of the molecule is COC(=O)[C@@H](OC(C)(C)C)c1c(C)c(CNCC(C)(C)O)c2nc3cn2c1N1CCC(C)(CC1)OCCCC[C@H](C)Oc1ccc(F)cc1-c1cccc-3c1. The molecule has 0 spiro atoms. The minimum atomic E-state index is -1.03. The van der Waals surface area contributed by atoms with E-state index in [0.29, 0.717) is 49.8 Å². The number of hydrogen-bond acceptors (Lipinski definition) is 9. The van der Waals surface area contributed by atoms with Gasteiger partial charge in [-0.3, -0.25) is 4.40 Å². The Kier molecular flexibility index (Phi) is 12.0. The Hall–Kier alpha value is -4.03. The van der Waals surface area contributed by atoms with Crippen molar-refractivity contribution >= 4 is 17.4 Å². The summed E-state index contributed by atoms with van der Waals surface area (Å²) in [5.74, 6) is 0.612. The minimum absolute atomic E-state index is 0.0642. The number of carbonyl (C=O) groups is 1. The Bertz CT molecular complexity index is 1990. The van der Waals surface area contributed by atoms with Gasteiger partial charge in [0.2, 0.25) is 0 Å². The first-order valence-electron chi connectivity index (χ1n) is 19.6. The summed E-state index contributed by atoms with van der Waals surface area (Å²) >= 11 is 0. The monoisotopic (exact) mass is 758 g/mol. The lowest BCUT2D eigenvalue weighted by atomic mass is 9.91. The van der Waals surface area contributed by atoms with E-state index in [0.717, 1.165) is 71.4 Å². The van der Waals surface area contributed by atoms with Crippen molar-refractivity contribution in [1.29, 1.82) is 0 Å². The number of aliphatic hydroxyl groups is 1. The average molecular weight is 759 g/mol. The summed E-state index contributed by atoms with van der Waals surface area (Å²) in [6.45, 7) is 18.3. The number of piperidine rings is 1. The van der Waals surface area contributed by atoms with Gasteiger partial charge in [0.05, 0.1) is 35.7 Å². The van der Waals surface area contributed by atoms with Crippen LogP contribution < -0.4 is 15.0 Å². The third kappa shape index (κ3) is 9.51. The van der Waals surface area contributed by atoms with E-state index in [4.69, 9.17) is 23.9 Å². The average Bonchev–Trinajstić information content (AvgIpc) is 3.56. The van der Waals surface area contributed by atoms with E-state index in [2.05, 4.69) is 28.5 Å². The number of esters is 1. The van der Waals surface area contributed by atoms with Gasteiger partial charge >= 0.3 is 5.97 Å². The van der Waals surface area contributed by atoms with Gasteiger partial charge in [0.1, 0.15) is 23.0 Å². The molecule has 55 heavy (non-hydrogen) atoms. The Balaban J connectivity index is 1.61. The van der Waals surface area contributed by atoms with Crippen LogP contribution in [-0.4, -0.2) is 76.7 Å². The van der Waals surface area contributed by atoms with Crippen LogP contribution in [0.25, 0.3) is 28.0 Å². The Labute approximate surface area is 325 Å². The number of halogens is 1. The van der Waals surface area contributed by atoms with Gasteiger partial charge in [0.25, 0.3) is 0 Å². The van der Waals surface area contributed by atoms with Crippen LogP contribution in [0.15, 0.2) is 48.7 Å². The van der Waals surface area contributed by atoms with E-state index in [1.54, 1.807) is 19.9 Å². The molecule has 298 valence electrons. The van der Waals surface area contributed by atoms with Crippen molar-refractivity contribution in [1.82, 2.24) is 14.7 Å². The molecule has 2 atom stereocenters. The first kappa shape index (κ1) is 40.6. The van der Waals surface area contributed by atoms with E-state index in [-0.39, 0.29) is 17.5 Å². The van der Waals surface area contributed by atoms with Gasteiger partial charge in [-0.25, -0.2) is 14.2 Å². The smallest absolute Gasteiger partial charge is 0.339 e. The fraction of sp³-hybridized carbons (Fsp3) is 0.545. The zero-order valence-electron chi connectivity index (χ0n) is 34.1. The molecular formula is C44H59FN4O6. The Morgan fingerprint density at radius 1 is 1.11 bits per heavy atom. The van der Waals surface area contributed by atoms with Gasteiger partial charge in [-0.15, -0.1) is 0 Å². The second-order valence-electron chi connectivity index (χ2n) is 17.1. The molecule has 6 bridgehead atoms. The van der Waals surface area contributed by atoms with Crippen molar-refractivity contribution < 1.29 is 33.2 Å². The molecule has 4 aromatic rings. The molecule has 2 aromatic carbocycles. The van der Waals surface area contributed by atoms with Crippen LogP contribution >= 0.6 is 0 Å². The molecule has 3 aliphatic heterocycles. The topological polar surface area (TPSA) is 107 Å². The molecule has 2 N–H and O–H groups in total. The van der Waals surface area contributed by atoms with Crippen molar-refractivity contribution in [3.8, 4) is 28.1 Å². The number of ether oxygens (including phenoxy) is 4. The minimum Gasteiger partial charge on any atom is -0.490 e. The number of methoxy groups -OCH3 is 1. The lowest BCUT2D eigenvalue weighted by molar-refractivity contribution is -0.164. The van der Waals surface area contributed by atoms with Crippen LogP contribution in [-0.2, 0) is 25.5 Å². The maximum Gasteiger partial charge on any atom is 0.339 e. The van der Waals surface area contributed by atoms with Gasteiger partial charge in [0, 0.05) is 61.2 Å². The van der Waals surface area contributed by atoms with Gasteiger partial charge in [-0.2, -0.15) is 0 Å². The maximum absolute atomic E-state index is 14.8. The van der Waals surface area contributed by atoms with E-state index < -0.39 is 23.3 Å². The first-order valence-corrected chi connectivity index (χ1v) is 19.6. The molecule has 1 fully saturated rings. The van der Waals surface area contributed by atoms with Crippen molar-refractivity contribution in [2.75, 3.05) is 38.3 Å². The van der Waals surface area contributed by atoms with Crippen LogP contribution in [0.4, 0.5) is 10.2 Å². The highest BCUT2D eigenvalue weighted by molar-refractivity contribution is 5.83.